The summed E-state index contributed by atoms with van der Waals surface area (Å²) in [4.78, 5) is 29.2. The van der Waals surface area contributed by atoms with Gasteiger partial charge in [-0.3, -0.25) is 13.9 Å². The molecule has 3 aromatic carbocycles. The van der Waals surface area contributed by atoms with Gasteiger partial charge in [-0.05, 0) is 74.2 Å². The van der Waals surface area contributed by atoms with Crippen LogP contribution in [0.15, 0.2) is 77.7 Å². The molecule has 0 radical (unpaired) electrons. The molecule has 10 heteroatoms. The van der Waals surface area contributed by atoms with E-state index in [4.69, 9.17) is 9.47 Å². The van der Waals surface area contributed by atoms with Crippen molar-refractivity contribution in [3.63, 3.8) is 0 Å². The molecule has 0 aromatic heterocycles. The van der Waals surface area contributed by atoms with Crippen molar-refractivity contribution in [1.82, 2.24) is 10.2 Å². The van der Waals surface area contributed by atoms with Crippen molar-refractivity contribution in [2.45, 2.75) is 69.5 Å². The van der Waals surface area contributed by atoms with E-state index in [0.29, 0.717) is 11.5 Å². The topological polar surface area (TPSA) is 105 Å². The van der Waals surface area contributed by atoms with E-state index in [1.165, 1.54) is 24.1 Å². The highest BCUT2D eigenvalue weighted by atomic mass is 32.2. The number of nitrogens with one attached hydrogen (secondary N) is 1. The Bertz CT molecular complexity index is 1490. The van der Waals surface area contributed by atoms with Crippen molar-refractivity contribution in [3.8, 4) is 11.5 Å². The third-order valence-corrected chi connectivity index (χ3v) is 9.62. The van der Waals surface area contributed by atoms with Gasteiger partial charge in [0.1, 0.15) is 24.1 Å². The van der Waals surface area contributed by atoms with Gasteiger partial charge in [0, 0.05) is 12.6 Å². The Labute approximate surface area is 254 Å². The molecule has 1 saturated carbocycles. The second kappa shape index (κ2) is 14.4. The van der Waals surface area contributed by atoms with Crippen LogP contribution in [0.3, 0.4) is 0 Å². The first kappa shape index (κ1) is 31.9. The highest BCUT2D eigenvalue weighted by Crippen LogP contribution is 2.34. The summed E-state index contributed by atoms with van der Waals surface area (Å²) < 4.78 is 40.0. The van der Waals surface area contributed by atoms with Gasteiger partial charge in [0.2, 0.25) is 11.8 Å². The number of hydrogen-bond acceptors (Lipinski definition) is 6. The molecule has 0 heterocycles. The summed E-state index contributed by atoms with van der Waals surface area (Å²) in [6.07, 6.45) is 5.07. The molecular weight excluding hydrogens is 566 g/mol. The predicted molar refractivity (Wildman–Crippen MR) is 167 cm³/mol. The van der Waals surface area contributed by atoms with Gasteiger partial charge >= 0.3 is 0 Å². The van der Waals surface area contributed by atoms with E-state index < -0.39 is 28.5 Å². The fourth-order valence-corrected chi connectivity index (χ4v) is 6.74. The number of anilines is 1. The molecule has 0 unspecified atom stereocenters. The minimum absolute atomic E-state index is 0.0381. The molecule has 4 rings (SSSR count). The van der Waals surface area contributed by atoms with E-state index in [0.717, 1.165) is 47.5 Å². The minimum Gasteiger partial charge on any atom is -0.497 e. The van der Waals surface area contributed by atoms with Crippen LogP contribution >= 0.6 is 0 Å². The van der Waals surface area contributed by atoms with Crippen LogP contribution in [0.5, 0.6) is 11.5 Å². The van der Waals surface area contributed by atoms with Crippen LogP contribution in [0.1, 0.15) is 50.2 Å². The lowest BCUT2D eigenvalue weighted by Gasteiger charge is -2.33. The summed E-state index contributed by atoms with van der Waals surface area (Å²) in [7, 11) is -1.17. The summed E-state index contributed by atoms with van der Waals surface area (Å²) in [5.74, 6) is 0.184. The average Bonchev–Trinajstić information content (AvgIpc) is 3.03. The first-order valence-corrected chi connectivity index (χ1v) is 16.0. The Hall–Kier alpha value is -4.05. The number of amides is 2. The summed E-state index contributed by atoms with van der Waals surface area (Å²) >= 11 is 0. The highest BCUT2D eigenvalue weighted by molar-refractivity contribution is 7.92. The van der Waals surface area contributed by atoms with Crippen LogP contribution in [0.4, 0.5) is 5.69 Å². The maximum absolute atomic E-state index is 14.2. The predicted octanol–water partition coefficient (Wildman–Crippen LogP) is 5.07. The molecule has 43 heavy (non-hydrogen) atoms. The zero-order valence-corrected chi connectivity index (χ0v) is 26.1. The fraction of sp³-hybridized carbons (Fsp3) is 0.394. The van der Waals surface area contributed by atoms with Gasteiger partial charge in [-0.2, -0.15) is 0 Å². The lowest BCUT2D eigenvalue weighted by Crippen LogP contribution is -2.53. The number of aryl methyl sites for hydroxylation is 1. The normalized spacial score (nSPS) is 14.4. The molecule has 1 N–H and O–H groups in total. The summed E-state index contributed by atoms with van der Waals surface area (Å²) in [5.41, 5.74) is 1.81. The van der Waals surface area contributed by atoms with Gasteiger partial charge in [0.15, 0.2) is 0 Å². The maximum Gasteiger partial charge on any atom is 0.264 e. The molecule has 1 fully saturated rings. The van der Waals surface area contributed by atoms with E-state index in [1.54, 1.807) is 56.5 Å². The van der Waals surface area contributed by atoms with Gasteiger partial charge < -0.3 is 19.7 Å². The smallest absolute Gasteiger partial charge is 0.264 e. The van der Waals surface area contributed by atoms with Crippen LogP contribution in [0.2, 0.25) is 0 Å². The molecule has 1 atom stereocenters. The fourth-order valence-electron chi connectivity index (χ4n) is 5.31. The molecule has 0 aliphatic heterocycles. The Morgan fingerprint density at radius 3 is 2.23 bits per heavy atom. The first-order valence-electron chi connectivity index (χ1n) is 14.6. The number of sulfonamides is 1. The molecule has 0 spiro atoms. The summed E-state index contributed by atoms with van der Waals surface area (Å²) in [5, 5.41) is 3.12. The number of rotatable bonds is 12. The monoisotopic (exact) mass is 607 g/mol. The lowest BCUT2D eigenvalue weighted by atomic mass is 9.95. The second-order valence-electron chi connectivity index (χ2n) is 10.9. The molecule has 0 saturated heterocycles. The second-order valence-corrected chi connectivity index (χ2v) is 12.8. The Balaban J connectivity index is 1.71. The number of ether oxygens (including phenoxy) is 2. The third kappa shape index (κ3) is 7.87. The van der Waals surface area contributed by atoms with Crippen molar-refractivity contribution >= 4 is 27.5 Å². The number of benzene rings is 3. The largest absolute Gasteiger partial charge is 0.497 e. The summed E-state index contributed by atoms with van der Waals surface area (Å²) in [6, 6.07) is 19.6. The minimum atomic E-state index is -4.19. The average molecular weight is 608 g/mol. The molecule has 1 aliphatic rings. The van der Waals surface area contributed by atoms with Crippen LogP contribution in [0, 0.1) is 6.92 Å². The standard InChI is InChI=1S/C33H41N3O6S/c1-24-15-20-31(42-4)30(21-24)36(43(39,40)29-13-9-6-10-14-29)23-32(37)35(22-26-16-18-28(41-3)19-17-26)25(2)33(38)34-27-11-7-5-8-12-27/h6,9-10,13-21,25,27H,5,7-8,11-12,22-23H2,1-4H3,(H,34,38)/t25-/m0/s1. The van der Waals surface area contributed by atoms with Crippen molar-refractivity contribution < 1.29 is 27.5 Å². The van der Waals surface area contributed by atoms with Crippen molar-refractivity contribution in [3.05, 3.63) is 83.9 Å². The van der Waals surface area contributed by atoms with E-state index in [2.05, 4.69) is 5.32 Å². The molecule has 1 aliphatic carbocycles. The van der Waals surface area contributed by atoms with E-state index >= 15 is 0 Å². The van der Waals surface area contributed by atoms with Gasteiger partial charge in [-0.15, -0.1) is 0 Å². The number of carbonyl (C=O) groups excluding carboxylic acids is 2. The molecule has 2 amide bonds. The number of carbonyl (C=O) groups is 2. The van der Waals surface area contributed by atoms with Crippen LogP contribution in [0.25, 0.3) is 0 Å². The number of hydrogen-bond donors (Lipinski definition) is 1. The molecule has 0 bridgehead atoms. The van der Waals surface area contributed by atoms with Gasteiger partial charge in [0.25, 0.3) is 10.0 Å². The Kier molecular flexibility index (Phi) is 10.7. The zero-order chi connectivity index (χ0) is 31.0. The molecule has 9 nitrogen and oxygen atoms in total. The third-order valence-electron chi connectivity index (χ3n) is 7.84. The molecule has 230 valence electrons. The number of methoxy groups -OCH3 is 2. The van der Waals surface area contributed by atoms with Crippen molar-refractivity contribution in [2.75, 3.05) is 25.1 Å². The van der Waals surface area contributed by atoms with E-state index in [-0.39, 0.29) is 29.1 Å². The molecule has 3 aromatic rings. The maximum atomic E-state index is 14.2. The van der Waals surface area contributed by atoms with Gasteiger partial charge in [-0.25, -0.2) is 8.42 Å². The quantitative estimate of drug-likeness (QED) is 0.308. The van der Waals surface area contributed by atoms with E-state index in [1.807, 2.05) is 25.1 Å². The molecular formula is C33H41N3O6S. The SMILES string of the molecule is COc1ccc(CN(C(=O)CN(c2cc(C)ccc2OC)S(=O)(=O)c2ccccc2)[C@@H](C)C(=O)NC2CCCCC2)cc1. The number of nitrogens with zero attached hydrogens (tertiary/aromatic N) is 2. The van der Waals surface area contributed by atoms with E-state index in [9.17, 15) is 18.0 Å². The van der Waals surface area contributed by atoms with Gasteiger partial charge in [0.05, 0.1) is 24.8 Å². The highest BCUT2D eigenvalue weighted by Gasteiger charge is 2.34. The Morgan fingerprint density at radius 1 is 0.930 bits per heavy atom. The zero-order valence-electron chi connectivity index (χ0n) is 25.3. The van der Waals surface area contributed by atoms with Crippen LogP contribution in [-0.4, -0.2) is 58.0 Å². The van der Waals surface area contributed by atoms with Crippen molar-refractivity contribution in [2.24, 2.45) is 0 Å². The Morgan fingerprint density at radius 2 is 1.60 bits per heavy atom. The first-order chi connectivity index (χ1) is 20.6. The van der Waals surface area contributed by atoms with Crippen molar-refractivity contribution in [1.29, 1.82) is 0 Å². The van der Waals surface area contributed by atoms with Gasteiger partial charge in [-0.1, -0.05) is 55.7 Å². The summed E-state index contributed by atoms with van der Waals surface area (Å²) in [6.45, 7) is 3.09. The van der Waals surface area contributed by atoms with Crippen LogP contribution in [-0.2, 0) is 26.2 Å². The lowest BCUT2D eigenvalue weighted by molar-refractivity contribution is -0.139. The van der Waals surface area contributed by atoms with Crippen LogP contribution < -0.4 is 19.1 Å².